The maximum atomic E-state index is 6.39. The molecule has 3 nitrogen and oxygen atoms in total. The van der Waals surface area contributed by atoms with Gasteiger partial charge in [0.15, 0.2) is 11.5 Å². The lowest BCUT2D eigenvalue weighted by atomic mass is 9.94. The van der Waals surface area contributed by atoms with Crippen molar-refractivity contribution < 1.29 is 4.74 Å². The summed E-state index contributed by atoms with van der Waals surface area (Å²) in [7, 11) is 0. The number of para-hydroxylation sites is 6. The van der Waals surface area contributed by atoms with Gasteiger partial charge in [-0.1, -0.05) is 109 Å². The van der Waals surface area contributed by atoms with Gasteiger partial charge in [-0.2, -0.15) is 0 Å². The Hall–Kier alpha value is -5.80. The van der Waals surface area contributed by atoms with Crippen LogP contribution in [0.25, 0.3) is 49.4 Å². The summed E-state index contributed by atoms with van der Waals surface area (Å²) in [5.74, 6) is 1.76. The summed E-state index contributed by atoms with van der Waals surface area (Å²) in [6, 6.07) is 55.9. The van der Waals surface area contributed by atoms with E-state index in [9.17, 15) is 0 Å². The van der Waals surface area contributed by atoms with Crippen LogP contribution in [0.4, 0.5) is 17.1 Å². The standard InChI is InChI=1S/C40H26N2O/c1-3-13-27(14-4-1)41(28-15-5-2-6-16-28)35-26-25-30(29-17-7-8-18-31(29)35)32-19-11-20-33-34-21-12-24-38-40(34)42(39(32)33)36-22-9-10-23-37(36)43-38/h1-26H. The molecule has 0 saturated heterocycles. The van der Waals surface area contributed by atoms with E-state index in [-0.39, 0.29) is 0 Å². The maximum absolute atomic E-state index is 6.39. The molecule has 0 amide bonds. The van der Waals surface area contributed by atoms with E-state index in [1.807, 2.05) is 6.07 Å². The first-order valence-electron chi connectivity index (χ1n) is 14.6. The highest BCUT2D eigenvalue weighted by atomic mass is 16.5. The molecule has 8 aromatic rings. The molecule has 1 aliphatic rings. The molecular weight excluding hydrogens is 524 g/mol. The lowest BCUT2D eigenvalue weighted by molar-refractivity contribution is 0.476. The first-order chi connectivity index (χ1) is 21.4. The van der Waals surface area contributed by atoms with Crippen molar-refractivity contribution in [3.8, 4) is 28.3 Å². The van der Waals surface area contributed by atoms with Gasteiger partial charge < -0.3 is 14.2 Å². The summed E-state index contributed by atoms with van der Waals surface area (Å²) in [5.41, 5.74) is 9.17. The summed E-state index contributed by atoms with van der Waals surface area (Å²) in [4.78, 5) is 2.35. The second-order valence-electron chi connectivity index (χ2n) is 10.9. The van der Waals surface area contributed by atoms with Crippen LogP contribution in [0.3, 0.4) is 0 Å². The average molecular weight is 551 g/mol. The minimum Gasteiger partial charge on any atom is -0.453 e. The van der Waals surface area contributed by atoms with E-state index >= 15 is 0 Å². The van der Waals surface area contributed by atoms with Crippen LogP contribution in [-0.4, -0.2) is 4.57 Å². The molecule has 0 bridgehead atoms. The smallest absolute Gasteiger partial charge is 0.152 e. The van der Waals surface area contributed by atoms with Gasteiger partial charge in [0, 0.05) is 33.1 Å². The van der Waals surface area contributed by atoms with Crippen LogP contribution < -0.4 is 9.64 Å². The van der Waals surface area contributed by atoms with Crippen LogP contribution >= 0.6 is 0 Å². The zero-order valence-electron chi connectivity index (χ0n) is 23.3. The molecule has 0 aliphatic carbocycles. The molecule has 0 fully saturated rings. The lowest BCUT2D eigenvalue weighted by Crippen LogP contribution is -2.10. The number of anilines is 3. The molecule has 43 heavy (non-hydrogen) atoms. The van der Waals surface area contributed by atoms with Crippen LogP contribution in [0.5, 0.6) is 11.5 Å². The van der Waals surface area contributed by atoms with Gasteiger partial charge >= 0.3 is 0 Å². The largest absolute Gasteiger partial charge is 0.453 e. The Morgan fingerprint density at radius 2 is 0.977 bits per heavy atom. The normalized spacial score (nSPS) is 11.9. The van der Waals surface area contributed by atoms with E-state index in [0.29, 0.717) is 0 Å². The number of hydrogen-bond acceptors (Lipinski definition) is 2. The van der Waals surface area contributed by atoms with E-state index in [1.54, 1.807) is 0 Å². The summed E-state index contributed by atoms with van der Waals surface area (Å²) < 4.78 is 8.79. The zero-order chi connectivity index (χ0) is 28.3. The molecule has 0 saturated carbocycles. The molecule has 1 aromatic heterocycles. The number of fused-ring (bicyclic) bond motifs is 6. The molecule has 0 radical (unpaired) electrons. The van der Waals surface area contributed by atoms with Crippen molar-refractivity contribution in [3.05, 3.63) is 158 Å². The minimum absolute atomic E-state index is 0.872. The fourth-order valence-corrected chi connectivity index (χ4v) is 6.77. The second kappa shape index (κ2) is 9.37. The van der Waals surface area contributed by atoms with Crippen LogP contribution in [0.2, 0.25) is 0 Å². The number of rotatable bonds is 4. The Morgan fingerprint density at radius 3 is 1.74 bits per heavy atom. The topological polar surface area (TPSA) is 17.4 Å². The summed E-state index contributed by atoms with van der Waals surface area (Å²) in [6.07, 6.45) is 0. The molecule has 1 aliphatic heterocycles. The van der Waals surface area contributed by atoms with Crippen LogP contribution in [0, 0.1) is 0 Å². The molecule has 202 valence electrons. The fraction of sp³-hybridized carbons (Fsp3) is 0. The van der Waals surface area contributed by atoms with Crippen molar-refractivity contribution in [2.45, 2.75) is 0 Å². The second-order valence-corrected chi connectivity index (χ2v) is 10.9. The van der Waals surface area contributed by atoms with Crippen molar-refractivity contribution in [2.24, 2.45) is 0 Å². The molecule has 7 aromatic carbocycles. The third kappa shape index (κ3) is 3.55. The van der Waals surface area contributed by atoms with Gasteiger partial charge in [-0.3, -0.25) is 0 Å². The van der Waals surface area contributed by atoms with E-state index in [2.05, 4.69) is 161 Å². The van der Waals surface area contributed by atoms with Crippen molar-refractivity contribution >= 4 is 49.6 Å². The first-order valence-corrected chi connectivity index (χ1v) is 14.6. The fourth-order valence-electron chi connectivity index (χ4n) is 6.77. The predicted octanol–water partition coefficient (Wildman–Crippen LogP) is 11.2. The summed E-state index contributed by atoms with van der Waals surface area (Å²) in [6.45, 7) is 0. The number of ether oxygens (including phenoxy) is 1. The van der Waals surface area contributed by atoms with Crippen molar-refractivity contribution in [1.29, 1.82) is 0 Å². The summed E-state index contributed by atoms with van der Waals surface area (Å²) in [5, 5.41) is 4.83. The highest BCUT2D eigenvalue weighted by molar-refractivity contribution is 6.18. The Balaban J connectivity index is 1.35. The molecule has 0 unspecified atom stereocenters. The van der Waals surface area contributed by atoms with Crippen LogP contribution in [0.15, 0.2) is 158 Å². The van der Waals surface area contributed by atoms with Gasteiger partial charge in [-0.05, 0) is 59.5 Å². The molecule has 3 heteroatoms. The highest BCUT2D eigenvalue weighted by Crippen LogP contribution is 2.49. The van der Waals surface area contributed by atoms with Crippen molar-refractivity contribution in [1.82, 2.24) is 4.57 Å². The van der Waals surface area contributed by atoms with Crippen molar-refractivity contribution in [3.63, 3.8) is 0 Å². The van der Waals surface area contributed by atoms with Gasteiger partial charge in [0.1, 0.15) is 0 Å². The van der Waals surface area contributed by atoms with Gasteiger partial charge in [-0.25, -0.2) is 0 Å². The van der Waals surface area contributed by atoms with Crippen molar-refractivity contribution in [2.75, 3.05) is 4.90 Å². The third-order valence-electron chi connectivity index (χ3n) is 8.56. The van der Waals surface area contributed by atoms with E-state index < -0.39 is 0 Å². The molecule has 2 heterocycles. The maximum Gasteiger partial charge on any atom is 0.152 e. The average Bonchev–Trinajstić information content (AvgIpc) is 3.42. The van der Waals surface area contributed by atoms with E-state index in [4.69, 9.17) is 4.74 Å². The quantitative estimate of drug-likeness (QED) is 0.217. The molecular formula is C40H26N2O. The molecule has 9 rings (SSSR count). The van der Waals surface area contributed by atoms with E-state index in [0.717, 1.165) is 39.8 Å². The monoisotopic (exact) mass is 550 g/mol. The molecule has 0 N–H and O–H groups in total. The molecule has 0 atom stereocenters. The summed E-state index contributed by atoms with van der Waals surface area (Å²) >= 11 is 0. The van der Waals surface area contributed by atoms with Gasteiger partial charge in [0.25, 0.3) is 0 Å². The Morgan fingerprint density at radius 1 is 0.395 bits per heavy atom. The Bertz CT molecular complexity index is 2280. The SMILES string of the molecule is c1ccc(N(c2ccccc2)c2ccc(-c3cccc4c5cccc6c5n(c34)-c3ccccc3O6)c3ccccc23)cc1. The predicted molar refractivity (Wildman–Crippen MR) is 178 cm³/mol. The number of nitrogens with zero attached hydrogens (tertiary/aromatic N) is 2. The van der Waals surface area contributed by atoms with E-state index in [1.165, 1.54) is 38.2 Å². The Kier molecular flexibility index (Phi) is 5.20. The minimum atomic E-state index is 0.872. The number of benzene rings is 7. The van der Waals surface area contributed by atoms with Gasteiger partial charge in [0.2, 0.25) is 0 Å². The first kappa shape index (κ1) is 23.9. The lowest BCUT2D eigenvalue weighted by Gasteiger charge is -2.27. The van der Waals surface area contributed by atoms with Crippen LogP contribution in [0.1, 0.15) is 0 Å². The Labute approximate surface area is 249 Å². The zero-order valence-corrected chi connectivity index (χ0v) is 23.3. The highest BCUT2D eigenvalue weighted by Gasteiger charge is 2.26. The number of hydrogen-bond donors (Lipinski definition) is 0. The number of aromatic nitrogens is 1. The van der Waals surface area contributed by atoms with Gasteiger partial charge in [0.05, 0.1) is 22.4 Å². The third-order valence-corrected chi connectivity index (χ3v) is 8.56. The van der Waals surface area contributed by atoms with Gasteiger partial charge in [-0.15, -0.1) is 0 Å². The molecule has 0 spiro atoms. The van der Waals surface area contributed by atoms with Crippen LogP contribution in [-0.2, 0) is 0 Å².